The van der Waals surface area contributed by atoms with Crippen LogP contribution in [0.25, 0.3) is 0 Å². The molecule has 0 spiro atoms. The molecule has 0 saturated carbocycles. The zero-order chi connectivity index (χ0) is 13.0. The van der Waals surface area contributed by atoms with E-state index >= 15 is 0 Å². The van der Waals surface area contributed by atoms with Crippen LogP contribution in [0.5, 0.6) is 0 Å². The van der Waals surface area contributed by atoms with Crippen molar-refractivity contribution in [2.75, 3.05) is 13.1 Å². The summed E-state index contributed by atoms with van der Waals surface area (Å²) in [4.78, 5) is 2.30. The Morgan fingerprint density at radius 1 is 1.33 bits per heavy atom. The van der Waals surface area contributed by atoms with Gasteiger partial charge in [0, 0.05) is 19.6 Å². The van der Waals surface area contributed by atoms with Gasteiger partial charge in [-0.2, -0.15) is 0 Å². The molecule has 2 rings (SSSR count). The number of nitrogens with one attached hydrogen (secondary N) is 1. The highest BCUT2D eigenvalue weighted by Crippen LogP contribution is 2.18. The lowest BCUT2D eigenvalue weighted by molar-refractivity contribution is 0.406. The Morgan fingerprint density at radius 3 is 2.78 bits per heavy atom. The van der Waals surface area contributed by atoms with Gasteiger partial charge >= 0.3 is 0 Å². The summed E-state index contributed by atoms with van der Waals surface area (Å²) in [5.41, 5.74) is 2.90. The standard InChI is InChI=1S/C15H22N2S/c1-12(2)10-16-15(18)17-9-5-8-13-6-3-4-7-14(13)11-17/h3-4,6-7,12H,5,8-11H2,1-2H3,(H,16,18). The largest absolute Gasteiger partial charge is 0.362 e. The highest BCUT2D eigenvalue weighted by atomic mass is 32.1. The molecule has 3 heteroatoms. The van der Waals surface area contributed by atoms with Crippen molar-refractivity contribution in [1.29, 1.82) is 0 Å². The van der Waals surface area contributed by atoms with E-state index in [1.807, 2.05) is 0 Å². The molecule has 0 radical (unpaired) electrons. The number of hydrogen-bond acceptors (Lipinski definition) is 1. The highest BCUT2D eigenvalue weighted by molar-refractivity contribution is 7.80. The Balaban J connectivity index is 2.01. The number of thiocarbonyl (C=S) groups is 1. The maximum Gasteiger partial charge on any atom is 0.169 e. The van der Waals surface area contributed by atoms with E-state index in [0.29, 0.717) is 5.92 Å². The third-order valence-electron chi connectivity index (χ3n) is 3.30. The average molecular weight is 262 g/mol. The molecular formula is C15H22N2S. The van der Waals surface area contributed by atoms with Crippen LogP contribution in [0.15, 0.2) is 24.3 Å². The molecule has 0 saturated heterocycles. The summed E-state index contributed by atoms with van der Waals surface area (Å²) in [5, 5.41) is 4.27. The second kappa shape index (κ2) is 6.19. The minimum absolute atomic E-state index is 0.627. The SMILES string of the molecule is CC(C)CNC(=S)N1CCCc2ccccc2C1. The lowest BCUT2D eigenvalue weighted by Crippen LogP contribution is -2.40. The minimum Gasteiger partial charge on any atom is -0.362 e. The van der Waals surface area contributed by atoms with Crippen molar-refractivity contribution in [3.63, 3.8) is 0 Å². The van der Waals surface area contributed by atoms with Gasteiger partial charge in [-0.1, -0.05) is 38.1 Å². The van der Waals surface area contributed by atoms with Crippen molar-refractivity contribution in [2.45, 2.75) is 33.2 Å². The summed E-state index contributed by atoms with van der Waals surface area (Å²) < 4.78 is 0. The molecule has 1 aromatic carbocycles. The van der Waals surface area contributed by atoms with E-state index in [4.69, 9.17) is 12.2 Å². The molecule has 0 aliphatic carbocycles. The summed E-state index contributed by atoms with van der Waals surface area (Å²) >= 11 is 5.50. The van der Waals surface area contributed by atoms with Gasteiger partial charge in [-0.3, -0.25) is 0 Å². The normalized spacial score (nSPS) is 15.2. The van der Waals surface area contributed by atoms with E-state index in [0.717, 1.165) is 24.7 Å². The maximum absolute atomic E-state index is 5.50. The number of rotatable bonds is 2. The summed E-state index contributed by atoms with van der Waals surface area (Å²) in [6.45, 7) is 7.36. The molecule has 98 valence electrons. The fraction of sp³-hybridized carbons (Fsp3) is 0.533. The number of benzene rings is 1. The first-order valence-electron chi connectivity index (χ1n) is 6.76. The van der Waals surface area contributed by atoms with Crippen molar-refractivity contribution in [3.05, 3.63) is 35.4 Å². The van der Waals surface area contributed by atoms with Crippen molar-refractivity contribution in [3.8, 4) is 0 Å². The lowest BCUT2D eigenvalue weighted by Gasteiger charge is -2.25. The zero-order valence-electron chi connectivity index (χ0n) is 11.3. The number of hydrogen-bond donors (Lipinski definition) is 1. The van der Waals surface area contributed by atoms with Gasteiger partial charge in [0.1, 0.15) is 0 Å². The first-order valence-corrected chi connectivity index (χ1v) is 7.17. The van der Waals surface area contributed by atoms with E-state index in [1.165, 1.54) is 24.0 Å². The van der Waals surface area contributed by atoms with E-state index in [1.54, 1.807) is 0 Å². The second-order valence-corrected chi connectivity index (χ2v) is 5.76. The summed E-state index contributed by atoms with van der Waals surface area (Å²) in [6.07, 6.45) is 2.35. The smallest absolute Gasteiger partial charge is 0.169 e. The number of aryl methyl sites for hydroxylation is 1. The number of nitrogens with zero attached hydrogens (tertiary/aromatic N) is 1. The first kappa shape index (κ1) is 13.3. The predicted octanol–water partition coefficient (Wildman–Crippen LogP) is 2.97. The van der Waals surface area contributed by atoms with Gasteiger partial charge in [0.2, 0.25) is 0 Å². The first-order chi connectivity index (χ1) is 8.66. The van der Waals surface area contributed by atoms with Crippen molar-refractivity contribution in [1.82, 2.24) is 10.2 Å². The molecule has 0 bridgehead atoms. The molecule has 2 nitrogen and oxygen atoms in total. The molecule has 0 aromatic heterocycles. The summed E-state index contributed by atoms with van der Waals surface area (Å²) in [5.74, 6) is 0.627. The maximum atomic E-state index is 5.50. The molecule has 18 heavy (non-hydrogen) atoms. The Kier molecular flexibility index (Phi) is 4.59. The Labute approximate surface area is 115 Å². The fourth-order valence-electron chi connectivity index (χ4n) is 2.28. The molecule has 1 aromatic rings. The molecule has 1 aliphatic heterocycles. The van der Waals surface area contributed by atoms with Gasteiger partial charge in [-0.25, -0.2) is 0 Å². The van der Waals surface area contributed by atoms with E-state index in [-0.39, 0.29) is 0 Å². The molecule has 1 aliphatic rings. The van der Waals surface area contributed by atoms with Gasteiger partial charge in [-0.05, 0) is 42.1 Å². The van der Waals surface area contributed by atoms with Crippen LogP contribution in [0, 0.1) is 5.92 Å². The summed E-state index contributed by atoms with van der Waals surface area (Å²) in [7, 11) is 0. The van der Waals surface area contributed by atoms with Crippen LogP contribution in [-0.4, -0.2) is 23.1 Å². The minimum atomic E-state index is 0.627. The van der Waals surface area contributed by atoms with Crippen molar-refractivity contribution in [2.24, 2.45) is 5.92 Å². The van der Waals surface area contributed by atoms with Crippen molar-refractivity contribution < 1.29 is 0 Å². The monoisotopic (exact) mass is 262 g/mol. The Hall–Kier alpha value is -1.09. The van der Waals surface area contributed by atoms with Gasteiger partial charge in [0.25, 0.3) is 0 Å². The molecule has 0 fully saturated rings. The van der Waals surface area contributed by atoms with Gasteiger partial charge < -0.3 is 10.2 Å². The quantitative estimate of drug-likeness (QED) is 0.825. The Bertz CT molecular complexity index is 415. The van der Waals surface area contributed by atoms with Crippen molar-refractivity contribution >= 4 is 17.3 Å². The van der Waals surface area contributed by atoms with Crippen LogP contribution >= 0.6 is 12.2 Å². The lowest BCUT2D eigenvalue weighted by atomic mass is 10.0. The molecule has 0 unspecified atom stereocenters. The van der Waals surface area contributed by atoms with E-state index < -0.39 is 0 Å². The van der Waals surface area contributed by atoms with Crippen LogP contribution in [0.2, 0.25) is 0 Å². The van der Waals surface area contributed by atoms with E-state index in [9.17, 15) is 0 Å². The molecule has 0 atom stereocenters. The van der Waals surface area contributed by atoms with Crippen LogP contribution in [0.4, 0.5) is 0 Å². The second-order valence-electron chi connectivity index (χ2n) is 5.37. The molecular weight excluding hydrogens is 240 g/mol. The highest BCUT2D eigenvalue weighted by Gasteiger charge is 2.15. The van der Waals surface area contributed by atoms with Gasteiger partial charge in [-0.15, -0.1) is 0 Å². The molecule has 1 heterocycles. The fourth-order valence-corrected chi connectivity index (χ4v) is 2.52. The third-order valence-corrected chi connectivity index (χ3v) is 3.71. The van der Waals surface area contributed by atoms with Crippen LogP contribution in [-0.2, 0) is 13.0 Å². The van der Waals surface area contributed by atoms with Gasteiger partial charge in [0.15, 0.2) is 5.11 Å². The topological polar surface area (TPSA) is 15.3 Å². The third kappa shape index (κ3) is 3.45. The van der Waals surface area contributed by atoms with E-state index in [2.05, 4.69) is 48.3 Å². The Morgan fingerprint density at radius 2 is 2.06 bits per heavy atom. The molecule has 0 amide bonds. The average Bonchev–Trinajstić information content (AvgIpc) is 2.57. The predicted molar refractivity (Wildman–Crippen MR) is 80.6 cm³/mol. The van der Waals surface area contributed by atoms with Crippen LogP contribution in [0.1, 0.15) is 31.4 Å². The number of fused-ring (bicyclic) bond motifs is 1. The van der Waals surface area contributed by atoms with Crippen LogP contribution < -0.4 is 5.32 Å². The van der Waals surface area contributed by atoms with Crippen LogP contribution in [0.3, 0.4) is 0 Å². The zero-order valence-corrected chi connectivity index (χ0v) is 12.1. The summed E-state index contributed by atoms with van der Waals surface area (Å²) in [6, 6.07) is 8.71. The molecule has 1 N–H and O–H groups in total. The van der Waals surface area contributed by atoms with Gasteiger partial charge in [0.05, 0.1) is 0 Å².